The summed E-state index contributed by atoms with van der Waals surface area (Å²) in [5.74, 6) is -0.151. The summed E-state index contributed by atoms with van der Waals surface area (Å²) in [6, 6.07) is 22.5. The monoisotopic (exact) mass is 538 g/mol. The van der Waals surface area contributed by atoms with Crippen LogP contribution < -0.4 is 10.6 Å². The molecular formula is C32H34N4O4. The van der Waals surface area contributed by atoms with E-state index in [9.17, 15) is 19.5 Å². The molecule has 3 aromatic carbocycles. The normalized spacial score (nSPS) is 15.4. The van der Waals surface area contributed by atoms with Crippen molar-refractivity contribution in [1.29, 1.82) is 0 Å². The van der Waals surface area contributed by atoms with Crippen molar-refractivity contribution in [3.05, 3.63) is 90.1 Å². The fourth-order valence-electron chi connectivity index (χ4n) is 5.12. The second kappa shape index (κ2) is 12.5. The molecule has 0 saturated carbocycles. The lowest BCUT2D eigenvalue weighted by Gasteiger charge is -2.23. The highest BCUT2D eigenvalue weighted by atomic mass is 16.3. The number of fused-ring (bicyclic) bond motifs is 6. The zero-order valence-corrected chi connectivity index (χ0v) is 22.4. The molecule has 3 N–H and O–H groups in total. The number of hydrogen-bond donors (Lipinski definition) is 3. The molecule has 0 radical (unpaired) electrons. The SMILES string of the molecule is O=C1CCCN(C(=O)Cn2ccc3ccccc32)CCCNC(=O)c2cccc(c2)-c2cc(ccc2O)CCN1. The number of nitrogens with zero attached hydrogens (tertiary/aromatic N) is 2. The van der Waals surface area contributed by atoms with Gasteiger partial charge in [-0.1, -0.05) is 36.4 Å². The molecule has 8 nitrogen and oxygen atoms in total. The van der Waals surface area contributed by atoms with Gasteiger partial charge in [0.15, 0.2) is 0 Å². The molecule has 40 heavy (non-hydrogen) atoms. The molecule has 4 aromatic rings. The molecule has 3 amide bonds. The topological polar surface area (TPSA) is 104 Å². The van der Waals surface area contributed by atoms with E-state index in [-0.39, 0.29) is 30.0 Å². The Labute approximate surface area is 233 Å². The van der Waals surface area contributed by atoms with Gasteiger partial charge in [0.25, 0.3) is 5.91 Å². The number of nitrogens with one attached hydrogen (secondary N) is 2. The number of aromatic nitrogens is 1. The first-order valence-corrected chi connectivity index (χ1v) is 13.8. The first-order valence-electron chi connectivity index (χ1n) is 13.8. The van der Waals surface area contributed by atoms with Gasteiger partial charge in [-0.3, -0.25) is 14.4 Å². The Morgan fingerprint density at radius 1 is 0.825 bits per heavy atom. The molecule has 4 bridgehead atoms. The second-order valence-electron chi connectivity index (χ2n) is 10.1. The van der Waals surface area contributed by atoms with Crippen molar-refractivity contribution in [1.82, 2.24) is 20.1 Å². The summed E-state index contributed by atoms with van der Waals surface area (Å²) in [6.07, 6.45) is 3.98. The van der Waals surface area contributed by atoms with Gasteiger partial charge in [-0.25, -0.2) is 0 Å². The van der Waals surface area contributed by atoms with Gasteiger partial charge in [0.2, 0.25) is 11.8 Å². The van der Waals surface area contributed by atoms with E-state index in [0.29, 0.717) is 63.0 Å². The molecule has 0 aliphatic carbocycles. The number of hydrogen-bond acceptors (Lipinski definition) is 4. The zero-order valence-electron chi connectivity index (χ0n) is 22.4. The Kier molecular flexibility index (Phi) is 8.44. The number of benzene rings is 3. The first-order chi connectivity index (χ1) is 19.5. The molecule has 2 heterocycles. The Morgan fingerprint density at radius 2 is 1.65 bits per heavy atom. The van der Waals surface area contributed by atoms with Crippen LogP contribution in [0.2, 0.25) is 0 Å². The molecule has 1 aliphatic heterocycles. The maximum Gasteiger partial charge on any atom is 0.251 e. The lowest BCUT2D eigenvalue weighted by Crippen LogP contribution is -2.37. The molecule has 1 aromatic heterocycles. The number of amides is 3. The predicted molar refractivity (Wildman–Crippen MR) is 155 cm³/mol. The second-order valence-corrected chi connectivity index (χ2v) is 10.1. The van der Waals surface area contributed by atoms with Crippen molar-refractivity contribution in [3.8, 4) is 16.9 Å². The third-order valence-corrected chi connectivity index (χ3v) is 7.29. The molecule has 5 rings (SSSR count). The summed E-state index contributed by atoms with van der Waals surface area (Å²) < 4.78 is 1.94. The van der Waals surface area contributed by atoms with Crippen LogP contribution in [-0.2, 0) is 22.6 Å². The van der Waals surface area contributed by atoms with Crippen LogP contribution >= 0.6 is 0 Å². The van der Waals surface area contributed by atoms with Crippen molar-refractivity contribution in [2.75, 3.05) is 26.2 Å². The van der Waals surface area contributed by atoms with E-state index in [1.54, 1.807) is 29.2 Å². The fraction of sp³-hybridized carbons (Fsp3) is 0.281. The smallest absolute Gasteiger partial charge is 0.251 e. The van der Waals surface area contributed by atoms with Gasteiger partial charge < -0.3 is 25.2 Å². The molecule has 1 aliphatic rings. The van der Waals surface area contributed by atoms with Gasteiger partial charge in [0.05, 0.1) is 0 Å². The van der Waals surface area contributed by atoms with Crippen molar-refractivity contribution in [2.45, 2.75) is 32.2 Å². The molecule has 0 unspecified atom stereocenters. The van der Waals surface area contributed by atoms with Crippen LogP contribution in [0.5, 0.6) is 5.75 Å². The van der Waals surface area contributed by atoms with E-state index >= 15 is 0 Å². The van der Waals surface area contributed by atoms with Crippen molar-refractivity contribution < 1.29 is 19.5 Å². The lowest BCUT2D eigenvalue weighted by atomic mass is 9.98. The van der Waals surface area contributed by atoms with E-state index in [1.807, 2.05) is 59.3 Å². The number of carbonyl (C=O) groups is 3. The van der Waals surface area contributed by atoms with Crippen LogP contribution in [0.15, 0.2) is 79.0 Å². The third-order valence-electron chi connectivity index (χ3n) is 7.29. The van der Waals surface area contributed by atoms with E-state index in [1.165, 1.54) is 0 Å². The summed E-state index contributed by atoms with van der Waals surface area (Å²) in [6.45, 7) is 2.02. The van der Waals surface area contributed by atoms with Gasteiger partial charge in [-0.15, -0.1) is 0 Å². The Balaban J connectivity index is 1.31. The van der Waals surface area contributed by atoms with Gasteiger partial charge in [0.1, 0.15) is 12.3 Å². The summed E-state index contributed by atoms with van der Waals surface area (Å²) >= 11 is 0. The maximum atomic E-state index is 13.3. The van der Waals surface area contributed by atoms with E-state index in [2.05, 4.69) is 10.6 Å². The number of aromatic hydroxyl groups is 1. The number of carbonyl (C=O) groups excluding carboxylic acids is 3. The van der Waals surface area contributed by atoms with Crippen LogP contribution in [0.25, 0.3) is 22.0 Å². The molecule has 0 atom stereocenters. The number of rotatable bonds is 2. The average Bonchev–Trinajstić information content (AvgIpc) is 3.37. The highest BCUT2D eigenvalue weighted by Crippen LogP contribution is 2.31. The largest absolute Gasteiger partial charge is 0.507 e. The Morgan fingerprint density at radius 3 is 2.55 bits per heavy atom. The Hall–Kier alpha value is -4.59. The molecule has 0 spiro atoms. The number of phenols is 1. The summed E-state index contributed by atoms with van der Waals surface area (Å²) in [5.41, 5.74) is 3.85. The number of para-hydroxylation sites is 1. The molecule has 0 fully saturated rings. The first kappa shape index (κ1) is 27.0. The van der Waals surface area contributed by atoms with Gasteiger partial charge >= 0.3 is 0 Å². The van der Waals surface area contributed by atoms with Crippen LogP contribution in [-0.4, -0.2) is 58.5 Å². The minimum absolute atomic E-state index is 0.0224. The summed E-state index contributed by atoms with van der Waals surface area (Å²) in [7, 11) is 0. The highest BCUT2D eigenvalue weighted by Gasteiger charge is 2.17. The quantitative estimate of drug-likeness (QED) is 0.357. The molecular weight excluding hydrogens is 504 g/mol. The summed E-state index contributed by atoms with van der Waals surface area (Å²) in [5, 5.41) is 17.5. The lowest BCUT2D eigenvalue weighted by molar-refractivity contribution is -0.132. The minimum Gasteiger partial charge on any atom is -0.507 e. The Bertz CT molecular complexity index is 1530. The van der Waals surface area contributed by atoms with Crippen molar-refractivity contribution >= 4 is 28.6 Å². The van der Waals surface area contributed by atoms with Crippen molar-refractivity contribution in [3.63, 3.8) is 0 Å². The minimum atomic E-state index is -0.207. The van der Waals surface area contributed by atoms with E-state index < -0.39 is 0 Å². The standard InChI is InChI=1S/C32H34N4O4/c37-29-12-11-23-13-16-33-30(38)10-4-17-35(31(39)22-36-19-14-24-6-1-2-9-28(24)36)18-5-15-34-32(40)26-8-3-7-25(21-26)27(29)20-23/h1-3,6-9,11-12,14,19-21,37H,4-5,10,13,15-18,22H2,(H,33,38)(H,34,40). The maximum absolute atomic E-state index is 13.3. The van der Waals surface area contributed by atoms with Gasteiger partial charge in [-0.05, 0) is 72.2 Å². The van der Waals surface area contributed by atoms with Crippen molar-refractivity contribution in [2.24, 2.45) is 0 Å². The molecule has 0 saturated heterocycles. The van der Waals surface area contributed by atoms with Crippen LogP contribution in [0.3, 0.4) is 0 Å². The highest BCUT2D eigenvalue weighted by molar-refractivity contribution is 5.95. The summed E-state index contributed by atoms with van der Waals surface area (Å²) in [4.78, 5) is 40.6. The van der Waals surface area contributed by atoms with Crippen LogP contribution in [0, 0.1) is 0 Å². The number of phenolic OH excluding ortho intramolecular Hbond substituents is 1. The van der Waals surface area contributed by atoms with Gasteiger partial charge in [-0.2, -0.15) is 0 Å². The van der Waals surface area contributed by atoms with E-state index in [0.717, 1.165) is 22.0 Å². The fourth-order valence-corrected chi connectivity index (χ4v) is 5.12. The van der Waals surface area contributed by atoms with Gasteiger partial charge in [0, 0.05) is 55.4 Å². The molecule has 8 heteroatoms. The average molecular weight is 539 g/mol. The van der Waals surface area contributed by atoms with E-state index in [4.69, 9.17) is 0 Å². The van der Waals surface area contributed by atoms with Crippen LogP contribution in [0.4, 0.5) is 0 Å². The van der Waals surface area contributed by atoms with Crippen LogP contribution in [0.1, 0.15) is 35.2 Å². The third kappa shape index (κ3) is 6.51. The zero-order chi connectivity index (χ0) is 27.9. The predicted octanol–water partition coefficient (Wildman–Crippen LogP) is 4.12. The molecule has 206 valence electrons.